The third-order valence-corrected chi connectivity index (χ3v) is 16.2. The summed E-state index contributed by atoms with van der Waals surface area (Å²) in [7, 11) is 0. The molecule has 1 heterocycles. The number of ether oxygens (including phenoxy) is 3. The summed E-state index contributed by atoms with van der Waals surface area (Å²) in [4.78, 5) is 26.6. The Bertz CT molecular complexity index is 1560. The minimum Gasteiger partial charge on any atom is -0.454 e. The Morgan fingerprint density at radius 2 is 0.841 bits per heavy atom. The van der Waals surface area contributed by atoms with Crippen molar-refractivity contribution in [3.05, 3.63) is 60.8 Å². The summed E-state index contributed by atoms with van der Waals surface area (Å²) >= 11 is 0. The second-order valence-electron chi connectivity index (χ2n) is 23.9. The molecular formula is C71H129NO10. The van der Waals surface area contributed by atoms with Gasteiger partial charge in [-0.3, -0.25) is 9.59 Å². The number of carbonyl (C=O) groups is 2. The van der Waals surface area contributed by atoms with Crippen LogP contribution in [0.25, 0.3) is 0 Å². The molecular weight excluding hydrogens is 1030 g/mol. The quantitative estimate of drug-likeness (QED) is 0.0195. The highest BCUT2D eigenvalue weighted by Crippen LogP contribution is 2.26. The molecule has 1 amide bonds. The van der Waals surface area contributed by atoms with Crippen molar-refractivity contribution in [1.82, 2.24) is 5.32 Å². The molecule has 0 bridgehead atoms. The van der Waals surface area contributed by atoms with Gasteiger partial charge in [-0.05, 0) is 70.6 Å². The molecule has 8 atom stereocenters. The van der Waals surface area contributed by atoms with Crippen LogP contribution < -0.4 is 5.32 Å². The number of amides is 1. The maximum Gasteiger partial charge on any atom is 0.306 e. The third kappa shape index (κ3) is 45.7. The molecule has 1 aliphatic heterocycles. The predicted molar refractivity (Wildman–Crippen MR) is 343 cm³/mol. The van der Waals surface area contributed by atoms with Gasteiger partial charge in [0.1, 0.15) is 24.4 Å². The Labute approximate surface area is 503 Å². The van der Waals surface area contributed by atoms with Crippen LogP contribution in [-0.4, -0.2) is 99.6 Å². The third-order valence-electron chi connectivity index (χ3n) is 16.2. The molecule has 0 radical (unpaired) electrons. The largest absolute Gasteiger partial charge is 0.454 e. The number of allylic oxidation sites excluding steroid dienone is 9. The number of rotatable bonds is 59. The Morgan fingerprint density at radius 1 is 0.476 bits per heavy atom. The van der Waals surface area contributed by atoms with E-state index in [1.807, 2.05) is 6.08 Å². The van der Waals surface area contributed by atoms with Gasteiger partial charge in [-0.2, -0.15) is 0 Å². The highest BCUT2D eigenvalue weighted by Gasteiger charge is 2.47. The molecule has 1 rings (SSSR count). The van der Waals surface area contributed by atoms with E-state index in [0.717, 1.165) is 83.5 Å². The molecule has 478 valence electrons. The van der Waals surface area contributed by atoms with E-state index in [1.165, 1.54) is 186 Å². The van der Waals surface area contributed by atoms with Crippen molar-refractivity contribution >= 4 is 11.9 Å². The fourth-order valence-corrected chi connectivity index (χ4v) is 10.7. The Balaban J connectivity index is 2.58. The molecule has 11 nitrogen and oxygen atoms in total. The zero-order valence-electron chi connectivity index (χ0n) is 53.1. The molecule has 6 N–H and O–H groups in total. The first-order chi connectivity index (χ1) is 40.2. The summed E-state index contributed by atoms with van der Waals surface area (Å²) in [6.45, 7) is 5.79. The number of carbonyl (C=O) groups excluding carboxylic acids is 2. The van der Waals surface area contributed by atoms with Crippen LogP contribution in [0.2, 0.25) is 0 Å². The van der Waals surface area contributed by atoms with Gasteiger partial charge in [-0.25, -0.2) is 0 Å². The van der Waals surface area contributed by atoms with Crippen molar-refractivity contribution in [3.8, 4) is 0 Å². The molecule has 82 heavy (non-hydrogen) atoms. The first-order valence-corrected chi connectivity index (χ1v) is 34.6. The minimum absolute atomic E-state index is 0.127. The molecule has 1 fully saturated rings. The van der Waals surface area contributed by atoms with Crippen LogP contribution in [0.5, 0.6) is 0 Å². The van der Waals surface area contributed by atoms with Gasteiger partial charge in [0.2, 0.25) is 5.91 Å². The molecule has 0 aliphatic carbocycles. The smallest absolute Gasteiger partial charge is 0.306 e. The van der Waals surface area contributed by atoms with E-state index in [-0.39, 0.29) is 19.4 Å². The van der Waals surface area contributed by atoms with Crippen molar-refractivity contribution in [1.29, 1.82) is 0 Å². The summed E-state index contributed by atoms with van der Waals surface area (Å²) in [6, 6.07) is -1.03. The maximum atomic E-state index is 13.5. The normalized spacial score (nSPS) is 19.0. The van der Waals surface area contributed by atoms with Crippen molar-refractivity contribution in [2.24, 2.45) is 0 Å². The molecule has 0 aromatic rings. The molecule has 1 aliphatic rings. The Morgan fingerprint density at radius 3 is 1.28 bits per heavy atom. The van der Waals surface area contributed by atoms with Gasteiger partial charge in [-0.15, -0.1) is 0 Å². The fourth-order valence-electron chi connectivity index (χ4n) is 10.7. The van der Waals surface area contributed by atoms with Gasteiger partial charge >= 0.3 is 5.97 Å². The minimum atomic E-state index is -1.61. The van der Waals surface area contributed by atoms with Gasteiger partial charge in [-0.1, -0.05) is 300 Å². The first kappa shape index (κ1) is 77.4. The van der Waals surface area contributed by atoms with Crippen LogP contribution >= 0.6 is 0 Å². The van der Waals surface area contributed by atoms with E-state index >= 15 is 0 Å². The van der Waals surface area contributed by atoms with Crippen LogP contribution in [0.15, 0.2) is 60.8 Å². The predicted octanol–water partition coefficient (Wildman–Crippen LogP) is 17.3. The first-order valence-electron chi connectivity index (χ1n) is 34.6. The molecule has 0 spiro atoms. The lowest BCUT2D eigenvalue weighted by Gasteiger charge is -2.41. The number of aliphatic hydroxyl groups excluding tert-OH is 5. The van der Waals surface area contributed by atoms with Gasteiger partial charge in [0.15, 0.2) is 12.4 Å². The lowest BCUT2D eigenvalue weighted by atomic mass is 9.99. The topological polar surface area (TPSA) is 175 Å². The number of aliphatic hydroxyl groups is 5. The molecule has 1 saturated heterocycles. The van der Waals surface area contributed by atoms with E-state index in [1.54, 1.807) is 6.08 Å². The number of esters is 1. The number of unbranched alkanes of at least 4 members (excludes halogenated alkanes) is 37. The second-order valence-corrected chi connectivity index (χ2v) is 23.9. The molecule has 11 heteroatoms. The molecule has 8 unspecified atom stereocenters. The van der Waals surface area contributed by atoms with Crippen LogP contribution in [0.4, 0.5) is 0 Å². The van der Waals surface area contributed by atoms with E-state index < -0.39 is 67.4 Å². The van der Waals surface area contributed by atoms with E-state index in [2.05, 4.69) is 74.7 Å². The maximum absolute atomic E-state index is 13.5. The van der Waals surface area contributed by atoms with Crippen molar-refractivity contribution in [2.75, 3.05) is 13.2 Å². The number of hydrogen-bond donors (Lipinski definition) is 6. The van der Waals surface area contributed by atoms with Crippen molar-refractivity contribution < 1.29 is 49.3 Å². The molecule has 0 aromatic carbocycles. The fraction of sp³-hybridized carbons (Fsp3) is 0.831. The standard InChI is InChI=1S/C71H129NO10/c1-4-7-10-13-16-19-22-25-27-28-29-30-31-32-33-34-35-36-37-39-40-43-46-49-52-55-58-64(75)70(79)72-62(63(74)57-54-51-48-45-42-24-21-18-15-12-9-6-3)61-80-71-69(68(78)67(77)65(60-73)81-71)82-66(76)59-56-53-50-47-44-41-38-26-23-20-17-14-11-8-5-2/h16,19,25,27,29-30,32-33,54,57,62-65,67-69,71,73-75,77-78H,4-15,17-18,20-24,26,28,31,34-53,55-56,58-61H2,1-3H3,(H,72,79)/b19-16-,27-25-,30-29-,33-32-,57-54+. The van der Waals surface area contributed by atoms with Crippen LogP contribution in [-0.2, 0) is 23.8 Å². The Hall–Kier alpha value is -2.64. The summed E-state index contributed by atoms with van der Waals surface area (Å²) in [6.07, 6.45) is 64.0. The lowest BCUT2D eigenvalue weighted by Crippen LogP contribution is -2.61. The van der Waals surface area contributed by atoms with E-state index in [0.29, 0.717) is 12.8 Å². The second kappa shape index (κ2) is 58.7. The highest BCUT2D eigenvalue weighted by molar-refractivity contribution is 5.80. The molecule has 0 saturated carbocycles. The SMILES string of the molecule is CCCCC/C=C\C/C=C\C/C=C\C/C=C\CCCCCCCCCCCCC(O)C(=O)NC(COC1OC(CO)C(O)C(O)C1OC(=O)CCCCCCCCCCCCCCCCC)C(O)/C=C/CCCCCCCCCCCC. The van der Waals surface area contributed by atoms with Gasteiger partial charge in [0, 0.05) is 6.42 Å². The average molecular weight is 1160 g/mol. The average Bonchev–Trinajstić information content (AvgIpc) is 3.68. The summed E-state index contributed by atoms with van der Waals surface area (Å²) in [5.74, 6) is -1.19. The van der Waals surface area contributed by atoms with Gasteiger partial charge in [0.05, 0.1) is 25.4 Å². The van der Waals surface area contributed by atoms with Gasteiger partial charge in [0.25, 0.3) is 0 Å². The van der Waals surface area contributed by atoms with E-state index in [4.69, 9.17) is 14.2 Å². The van der Waals surface area contributed by atoms with Gasteiger partial charge < -0.3 is 45.1 Å². The number of nitrogens with one attached hydrogen (secondary N) is 1. The zero-order chi connectivity index (χ0) is 59.6. The van der Waals surface area contributed by atoms with Crippen molar-refractivity contribution in [2.45, 2.75) is 365 Å². The van der Waals surface area contributed by atoms with Crippen LogP contribution in [0.1, 0.15) is 316 Å². The number of hydrogen-bond acceptors (Lipinski definition) is 10. The van der Waals surface area contributed by atoms with Crippen molar-refractivity contribution in [3.63, 3.8) is 0 Å². The molecule has 0 aromatic heterocycles. The summed E-state index contributed by atoms with van der Waals surface area (Å²) in [5.41, 5.74) is 0. The van der Waals surface area contributed by atoms with Crippen LogP contribution in [0, 0.1) is 0 Å². The zero-order valence-corrected chi connectivity index (χ0v) is 53.1. The highest BCUT2D eigenvalue weighted by atomic mass is 16.7. The summed E-state index contributed by atoms with van der Waals surface area (Å²) in [5, 5.41) is 57.1. The lowest BCUT2D eigenvalue weighted by molar-refractivity contribution is -0.305. The summed E-state index contributed by atoms with van der Waals surface area (Å²) < 4.78 is 17.7. The monoisotopic (exact) mass is 1160 g/mol. The van der Waals surface area contributed by atoms with E-state index in [9.17, 15) is 35.1 Å². The van der Waals surface area contributed by atoms with Crippen LogP contribution in [0.3, 0.4) is 0 Å². The Kier molecular flexibility index (Phi) is 55.4.